The van der Waals surface area contributed by atoms with Crippen molar-refractivity contribution in [3.05, 3.63) is 42.0 Å². The zero-order chi connectivity index (χ0) is 13.0. The molecule has 1 heterocycles. The smallest absolute Gasteiger partial charge is 0.165 e. The molecule has 0 amide bonds. The lowest BCUT2D eigenvalue weighted by Crippen LogP contribution is -2.13. The Morgan fingerprint density at radius 1 is 1.56 bits per heavy atom. The maximum absolute atomic E-state index is 13.5. The van der Waals surface area contributed by atoms with Crippen molar-refractivity contribution in [2.75, 3.05) is 12.9 Å². The second-order valence-electron chi connectivity index (χ2n) is 3.71. The van der Waals surface area contributed by atoms with Gasteiger partial charge < -0.3 is 15.5 Å². The first-order chi connectivity index (χ1) is 8.70. The summed E-state index contributed by atoms with van der Waals surface area (Å²) in [6, 6.07) is 4.52. The van der Waals surface area contributed by atoms with Crippen LogP contribution in [0.1, 0.15) is 11.6 Å². The number of halogens is 1. The van der Waals surface area contributed by atoms with Gasteiger partial charge in [-0.3, -0.25) is 0 Å². The highest BCUT2D eigenvalue weighted by Gasteiger charge is 2.11. The third-order valence-electron chi connectivity index (χ3n) is 2.48. The number of hydrogen-bond acceptors (Lipinski definition) is 4. The van der Waals surface area contributed by atoms with Crippen LogP contribution >= 0.6 is 11.8 Å². The van der Waals surface area contributed by atoms with Crippen molar-refractivity contribution in [3.8, 4) is 5.75 Å². The standard InChI is InChI=1S/C12H14FN3OS/c1-17-11-3-2-8(6-9(11)13)10(14)7-18-12-15-4-5-16-12/h2-6,10H,7,14H2,1H3,(H,15,16). The van der Waals surface area contributed by atoms with Crippen molar-refractivity contribution in [2.24, 2.45) is 5.73 Å². The van der Waals surface area contributed by atoms with Gasteiger partial charge >= 0.3 is 0 Å². The highest BCUT2D eigenvalue weighted by Crippen LogP contribution is 2.24. The predicted molar refractivity (Wildman–Crippen MR) is 69.2 cm³/mol. The summed E-state index contributed by atoms with van der Waals surface area (Å²) in [4.78, 5) is 7.06. The molecule has 0 aliphatic heterocycles. The Balaban J connectivity index is 2.00. The van der Waals surface area contributed by atoms with Gasteiger partial charge in [0.25, 0.3) is 0 Å². The Hall–Kier alpha value is -1.53. The normalized spacial score (nSPS) is 12.4. The number of thioether (sulfide) groups is 1. The molecule has 0 fully saturated rings. The molecule has 1 aromatic heterocycles. The van der Waals surface area contributed by atoms with Crippen molar-refractivity contribution in [1.29, 1.82) is 0 Å². The number of benzene rings is 1. The van der Waals surface area contributed by atoms with Gasteiger partial charge in [-0.15, -0.1) is 0 Å². The van der Waals surface area contributed by atoms with E-state index in [0.717, 1.165) is 10.7 Å². The number of aromatic amines is 1. The molecule has 2 rings (SSSR count). The van der Waals surface area contributed by atoms with Crippen molar-refractivity contribution in [1.82, 2.24) is 9.97 Å². The number of methoxy groups -OCH3 is 1. The number of ether oxygens (including phenoxy) is 1. The average Bonchev–Trinajstić information content (AvgIpc) is 2.89. The van der Waals surface area contributed by atoms with Crippen LogP contribution in [0.3, 0.4) is 0 Å². The Bertz CT molecular complexity index is 504. The van der Waals surface area contributed by atoms with Gasteiger partial charge in [0.2, 0.25) is 0 Å². The van der Waals surface area contributed by atoms with E-state index < -0.39 is 5.82 Å². The van der Waals surface area contributed by atoms with Crippen LogP contribution in [-0.2, 0) is 0 Å². The average molecular weight is 267 g/mol. The highest BCUT2D eigenvalue weighted by molar-refractivity contribution is 7.99. The summed E-state index contributed by atoms with van der Waals surface area (Å²) in [5.74, 6) is 0.456. The van der Waals surface area contributed by atoms with Crippen molar-refractivity contribution < 1.29 is 9.13 Å². The summed E-state index contributed by atoms with van der Waals surface area (Å²) in [5.41, 5.74) is 6.74. The third-order valence-corrected chi connectivity index (χ3v) is 3.50. The van der Waals surface area contributed by atoms with Crippen LogP contribution in [0.25, 0.3) is 0 Å². The third kappa shape index (κ3) is 3.02. The fourth-order valence-electron chi connectivity index (χ4n) is 1.51. The van der Waals surface area contributed by atoms with Gasteiger partial charge in [0, 0.05) is 24.2 Å². The van der Waals surface area contributed by atoms with Crippen LogP contribution in [0.2, 0.25) is 0 Å². The molecule has 1 atom stereocenters. The van der Waals surface area contributed by atoms with Crippen LogP contribution < -0.4 is 10.5 Å². The molecule has 0 aliphatic carbocycles. The Labute approximate surface area is 109 Å². The molecule has 0 saturated heterocycles. The number of nitrogens with zero attached hydrogens (tertiary/aromatic N) is 1. The van der Waals surface area contributed by atoms with Crippen molar-refractivity contribution in [3.63, 3.8) is 0 Å². The molecule has 6 heteroatoms. The van der Waals surface area contributed by atoms with Crippen LogP contribution in [0.15, 0.2) is 35.7 Å². The monoisotopic (exact) mass is 267 g/mol. The van der Waals surface area contributed by atoms with E-state index in [0.29, 0.717) is 5.75 Å². The van der Waals surface area contributed by atoms with Gasteiger partial charge in [-0.25, -0.2) is 9.37 Å². The minimum atomic E-state index is -0.395. The largest absolute Gasteiger partial charge is 0.494 e. The van der Waals surface area contributed by atoms with E-state index in [1.54, 1.807) is 24.5 Å². The number of nitrogens with two attached hydrogens (primary N) is 1. The molecule has 1 unspecified atom stereocenters. The number of aromatic nitrogens is 2. The fourth-order valence-corrected chi connectivity index (χ4v) is 2.32. The number of imidazole rings is 1. The van der Waals surface area contributed by atoms with E-state index in [1.165, 1.54) is 24.9 Å². The van der Waals surface area contributed by atoms with Gasteiger partial charge in [0.05, 0.1) is 7.11 Å². The quantitative estimate of drug-likeness (QED) is 0.816. The lowest BCUT2D eigenvalue weighted by molar-refractivity contribution is 0.386. The number of H-pyrrole nitrogens is 1. The van der Waals surface area contributed by atoms with Gasteiger partial charge in [0.1, 0.15) is 0 Å². The zero-order valence-electron chi connectivity index (χ0n) is 9.89. The van der Waals surface area contributed by atoms with Crippen LogP contribution in [-0.4, -0.2) is 22.8 Å². The Kier molecular flexibility index (Phi) is 4.22. The fraction of sp³-hybridized carbons (Fsp3) is 0.250. The minimum absolute atomic E-state index is 0.227. The summed E-state index contributed by atoms with van der Waals surface area (Å²) in [6.45, 7) is 0. The molecule has 0 bridgehead atoms. The number of nitrogens with one attached hydrogen (secondary N) is 1. The van der Waals surface area contributed by atoms with Crippen LogP contribution in [0.5, 0.6) is 5.75 Å². The maximum Gasteiger partial charge on any atom is 0.165 e. The minimum Gasteiger partial charge on any atom is -0.494 e. The first-order valence-electron chi connectivity index (χ1n) is 5.42. The van der Waals surface area contributed by atoms with E-state index in [1.807, 2.05) is 0 Å². The van der Waals surface area contributed by atoms with E-state index >= 15 is 0 Å². The predicted octanol–water partition coefficient (Wildman–Crippen LogP) is 2.35. The van der Waals surface area contributed by atoms with E-state index in [4.69, 9.17) is 10.5 Å². The first kappa shape index (κ1) is 12.9. The zero-order valence-corrected chi connectivity index (χ0v) is 10.7. The Morgan fingerprint density at radius 3 is 3.00 bits per heavy atom. The molecule has 0 spiro atoms. The van der Waals surface area contributed by atoms with Gasteiger partial charge in [-0.1, -0.05) is 17.8 Å². The van der Waals surface area contributed by atoms with Crippen molar-refractivity contribution in [2.45, 2.75) is 11.2 Å². The van der Waals surface area contributed by atoms with E-state index in [2.05, 4.69) is 9.97 Å². The second-order valence-corrected chi connectivity index (χ2v) is 4.71. The second kappa shape index (κ2) is 5.88. The highest BCUT2D eigenvalue weighted by atomic mass is 32.2. The molecule has 18 heavy (non-hydrogen) atoms. The molecular formula is C12H14FN3OS. The van der Waals surface area contributed by atoms with Crippen molar-refractivity contribution >= 4 is 11.8 Å². The maximum atomic E-state index is 13.5. The number of rotatable bonds is 5. The summed E-state index contributed by atoms with van der Waals surface area (Å²) >= 11 is 1.50. The first-order valence-corrected chi connectivity index (χ1v) is 6.40. The number of hydrogen-bond donors (Lipinski definition) is 2. The summed E-state index contributed by atoms with van der Waals surface area (Å²) in [6.07, 6.45) is 3.43. The molecule has 96 valence electrons. The molecule has 2 aromatic rings. The summed E-state index contributed by atoms with van der Waals surface area (Å²) in [7, 11) is 1.44. The molecule has 0 aliphatic rings. The molecule has 1 aromatic carbocycles. The van der Waals surface area contributed by atoms with Crippen LogP contribution in [0, 0.1) is 5.82 Å². The van der Waals surface area contributed by atoms with Gasteiger partial charge in [-0.2, -0.15) is 0 Å². The lowest BCUT2D eigenvalue weighted by Gasteiger charge is -2.12. The SMILES string of the molecule is COc1ccc(C(N)CSc2ncc[nH]2)cc1F. The Morgan fingerprint density at radius 2 is 2.39 bits per heavy atom. The molecule has 0 saturated carbocycles. The lowest BCUT2D eigenvalue weighted by atomic mass is 10.1. The van der Waals surface area contributed by atoms with Gasteiger partial charge in [0.15, 0.2) is 16.7 Å². The van der Waals surface area contributed by atoms with Crippen LogP contribution in [0.4, 0.5) is 4.39 Å². The van der Waals surface area contributed by atoms with Gasteiger partial charge in [-0.05, 0) is 17.7 Å². The molecule has 3 N–H and O–H groups in total. The summed E-state index contributed by atoms with van der Waals surface area (Å²) in [5, 5.41) is 0.805. The molecule has 0 radical (unpaired) electrons. The topological polar surface area (TPSA) is 63.9 Å². The van der Waals surface area contributed by atoms with E-state index in [9.17, 15) is 4.39 Å². The molecule has 4 nitrogen and oxygen atoms in total. The van der Waals surface area contributed by atoms with E-state index in [-0.39, 0.29) is 11.8 Å². The summed E-state index contributed by atoms with van der Waals surface area (Å²) < 4.78 is 18.4. The molecular weight excluding hydrogens is 253 g/mol.